The third kappa shape index (κ3) is 7.93. The van der Waals surface area contributed by atoms with E-state index in [9.17, 15) is 24.0 Å². The number of hydrogen-bond donors (Lipinski definition) is 0. The quantitative estimate of drug-likeness (QED) is 0.340. The van der Waals surface area contributed by atoms with Crippen molar-refractivity contribution >= 4 is 30.2 Å². The van der Waals surface area contributed by atoms with Gasteiger partial charge in [-0.15, -0.1) is 0 Å². The van der Waals surface area contributed by atoms with E-state index in [-0.39, 0.29) is 6.29 Å². The smallest absolute Gasteiger partial charge is 0.303 e. The number of esters is 4. The van der Waals surface area contributed by atoms with Crippen molar-refractivity contribution in [2.24, 2.45) is 0 Å². The van der Waals surface area contributed by atoms with E-state index in [0.29, 0.717) is 0 Å². The van der Waals surface area contributed by atoms with Crippen molar-refractivity contribution in [3.63, 3.8) is 0 Å². The first-order valence-corrected chi connectivity index (χ1v) is 6.14. The van der Waals surface area contributed by atoms with Gasteiger partial charge in [0.2, 0.25) is 0 Å². The molecule has 0 spiro atoms. The summed E-state index contributed by atoms with van der Waals surface area (Å²) in [6, 6.07) is 0. The molecule has 0 N–H and O–H groups in total. The Kier molecular flexibility index (Phi) is 5.88. The van der Waals surface area contributed by atoms with Crippen molar-refractivity contribution in [1.82, 2.24) is 0 Å². The van der Waals surface area contributed by atoms with Crippen LogP contribution >= 0.6 is 0 Å². The monoisotopic (exact) mass is 336 g/mol. The number of carbonyl (C=O) groups is 5. The molecule has 0 radical (unpaired) electrons. The van der Waals surface area contributed by atoms with Crippen LogP contribution in [0.15, 0.2) is 0 Å². The Morgan fingerprint density at radius 1 is 0.783 bits per heavy atom. The van der Waals surface area contributed by atoms with Crippen LogP contribution in [0.5, 0.6) is 0 Å². The number of ether oxygens (including phenoxy) is 4. The lowest BCUT2D eigenvalue weighted by Crippen LogP contribution is -2.51. The van der Waals surface area contributed by atoms with Crippen molar-refractivity contribution in [3.05, 3.63) is 0 Å². The van der Waals surface area contributed by atoms with E-state index in [0.717, 1.165) is 0 Å². The summed E-state index contributed by atoms with van der Waals surface area (Å²) < 4.78 is 47.2. The maximum atomic E-state index is 11.5. The summed E-state index contributed by atoms with van der Waals surface area (Å²) in [5, 5.41) is 0. The van der Waals surface area contributed by atoms with E-state index in [1.54, 1.807) is 0 Å². The molecule has 0 aliphatic heterocycles. The van der Waals surface area contributed by atoms with Crippen molar-refractivity contribution in [2.45, 2.75) is 58.9 Å². The largest absolute Gasteiger partial charge is 0.459 e. The minimum Gasteiger partial charge on any atom is -0.459 e. The lowest BCUT2D eigenvalue weighted by atomic mass is 10.0. The Hall–Kier alpha value is -2.45. The summed E-state index contributed by atoms with van der Waals surface area (Å²) in [4.78, 5) is 57.1. The van der Waals surface area contributed by atoms with Crippen molar-refractivity contribution in [3.8, 4) is 0 Å². The molecule has 0 fully saturated rings. The van der Waals surface area contributed by atoms with E-state index in [4.69, 9.17) is 19.7 Å². The van der Waals surface area contributed by atoms with Gasteiger partial charge >= 0.3 is 23.9 Å². The zero-order chi connectivity index (χ0) is 21.0. The molecule has 9 nitrogen and oxygen atoms in total. The zero-order valence-electron chi connectivity index (χ0n) is 16.4. The van der Waals surface area contributed by atoms with Crippen molar-refractivity contribution in [2.75, 3.05) is 0 Å². The molecular weight excluding hydrogens is 312 g/mol. The van der Waals surface area contributed by atoms with Gasteiger partial charge < -0.3 is 18.9 Å². The molecule has 0 saturated carbocycles. The summed E-state index contributed by atoms with van der Waals surface area (Å²) in [7, 11) is 0. The molecule has 0 rings (SSSR count). The second-order valence-electron chi connectivity index (χ2n) is 4.19. The Morgan fingerprint density at radius 2 is 1.22 bits per heavy atom. The first-order chi connectivity index (χ1) is 12.7. The number of rotatable bonds is 8. The van der Waals surface area contributed by atoms with Crippen LogP contribution < -0.4 is 0 Å². The van der Waals surface area contributed by atoms with E-state index in [2.05, 4.69) is 4.74 Å². The van der Waals surface area contributed by atoms with Crippen LogP contribution in [0.1, 0.15) is 40.0 Å². The first-order valence-electron chi connectivity index (χ1n) is 8.96. The molecule has 0 aromatic heterocycles. The average Bonchev–Trinajstić information content (AvgIpc) is 2.67. The van der Waals surface area contributed by atoms with Gasteiger partial charge in [0.1, 0.15) is 6.10 Å². The van der Waals surface area contributed by atoms with E-state index in [1.165, 1.54) is 6.92 Å². The van der Waals surface area contributed by atoms with Gasteiger partial charge in [-0.2, -0.15) is 0 Å². The molecule has 0 unspecified atom stereocenters. The third-order valence-electron chi connectivity index (χ3n) is 2.36. The van der Waals surface area contributed by atoms with Crippen LogP contribution in [0.4, 0.5) is 0 Å². The fraction of sp³-hybridized carbons (Fsp3) is 0.643. The molecular formula is C14H20O9. The van der Waals surface area contributed by atoms with Crippen LogP contribution in [0.3, 0.4) is 0 Å². The van der Waals surface area contributed by atoms with Crippen LogP contribution in [0, 0.1) is 0 Å². The van der Waals surface area contributed by atoms with Crippen LogP contribution in [-0.2, 0) is 42.9 Å². The topological polar surface area (TPSA) is 122 Å². The van der Waals surface area contributed by atoms with Gasteiger partial charge in [0.05, 0.1) is 0 Å². The molecule has 0 amide bonds. The van der Waals surface area contributed by atoms with Crippen LogP contribution in [-0.4, -0.2) is 54.6 Å². The summed E-state index contributed by atoms with van der Waals surface area (Å²) in [5.74, 6) is -4.47. The van der Waals surface area contributed by atoms with E-state index in [1.807, 2.05) is 0 Å². The highest BCUT2D eigenvalue weighted by atomic mass is 16.6. The maximum absolute atomic E-state index is 11.5. The molecule has 0 bridgehead atoms. The average molecular weight is 336 g/mol. The molecule has 23 heavy (non-hydrogen) atoms. The molecule has 9 heteroatoms. The van der Waals surface area contributed by atoms with Gasteiger partial charge in [0, 0.05) is 33.1 Å². The second-order valence-corrected chi connectivity index (χ2v) is 4.19. The van der Waals surface area contributed by atoms with Gasteiger partial charge in [0.25, 0.3) is 0 Å². The van der Waals surface area contributed by atoms with E-state index >= 15 is 0 Å². The Balaban J connectivity index is 5.85. The van der Waals surface area contributed by atoms with Crippen LogP contribution in [0.2, 0.25) is 0 Å². The minimum absolute atomic E-state index is 0.0516. The van der Waals surface area contributed by atoms with Crippen molar-refractivity contribution in [1.29, 1.82) is 0 Å². The minimum atomic E-state index is -1.83. The fourth-order valence-corrected chi connectivity index (χ4v) is 1.65. The Morgan fingerprint density at radius 3 is 1.70 bits per heavy atom. The lowest BCUT2D eigenvalue weighted by molar-refractivity contribution is -0.195. The van der Waals surface area contributed by atoms with E-state index < -0.39 is 75.9 Å². The normalized spacial score (nSPS) is 17.6. The first kappa shape index (κ1) is 14.2. The highest BCUT2D eigenvalue weighted by molar-refractivity contribution is 5.72. The SMILES string of the molecule is [2H]CC(=O)O[C@H]([C@H](OC(=O)C[2H])[C@H](C)OC(=O)C[2H])[C@@H](C=O)OC(=O)C[2H]. The van der Waals surface area contributed by atoms with Gasteiger partial charge in [-0.25, -0.2) is 0 Å². The molecule has 0 saturated heterocycles. The van der Waals surface area contributed by atoms with Gasteiger partial charge in [0.15, 0.2) is 24.6 Å². The highest BCUT2D eigenvalue weighted by Gasteiger charge is 2.41. The third-order valence-corrected chi connectivity index (χ3v) is 2.36. The predicted molar refractivity (Wildman–Crippen MR) is 74.0 cm³/mol. The number of aldehydes is 1. The molecule has 130 valence electrons. The molecule has 4 atom stereocenters. The number of hydrogen-bond acceptors (Lipinski definition) is 9. The second kappa shape index (κ2) is 9.54. The summed E-state index contributed by atoms with van der Waals surface area (Å²) in [6.45, 7) is -2.16. The van der Waals surface area contributed by atoms with Gasteiger partial charge in [-0.3, -0.25) is 24.0 Å². The number of carbonyl (C=O) groups excluding carboxylic acids is 5. The Bertz CT molecular complexity index is 543. The predicted octanol–water partition coefficient (Wildman–Crippen LogP) is -0.0680. The lowest BCUT2D eigenvalue weighted by Gasteiger charge is -2.32. The van der Waals surface area contributed by atoms with Crippen LogP contribution in [0.25, 0.3) is 0 Å². The fourth-order valence-electron chi connectivity index (χ4n) is 1.65. The molecule has 0 aliphatic carbocycles. The summed E-state index contributed by atoms with van der Waals surface area (Å²) >= 11 is 0. The van der Waals surface area contributed by atoms with Gasteiger partial charge in [-0.05, 0) is 6.92 Å². The standard InChI is InChI=1S/C14H20O9/c1-7(20-8(2)16)13(22-10(4)18)14(23-11(5)19)12(6-15)21-9(3)17/h6-7,12-14H,1-5H3/t7-,12+,13+,14-/m0/s1/i2D,3D,4D,5D. The molecule has 0 heterocycles. The summed E-state index contributed by atoms with van der Waals surface area (Å²) in [5.41, 5.74) is 0. The highest BCUT2D eigenvalue weighted by Crippen LogP contribution is 2.18. The zero-order valence-corrected chi connectivity index (χ0v) is 12.4. The maximum Gasteiger partial charge on any atom is 0.303 e. The molecule has 0 aromatic carbocycles. The molecule has 0 aromatic rings. The van der Waals surface area contributed by atoms with Gasteiger partial charge in [-0.1, -0.05) is 0 Å². The Labute approximate surface area is 138 Å². The van der Waals surface area contributed by atoms with Crippen molar-refractivity contribution < 1.29 is 48.4 Å². The molecule has 0 aliphatic rings. The summed E-state index contributed by atoms with van der Waals surface area (Å²) in [6.07, 6.45) is -6.63.